The van der Waals surface area contributed by atoms with Gasteiger partial charge in [0.1, 0.15) is 18.2 Å². The molecule has 8 nitrogen and oxygen atoms in total. The summed E-state index contributed by atoms with van der Waals surface area (Å²) >= 11 is 1.53. The number of rotatable bonds is 11. The zero-order chi connectivity index (χ0) is 28.1. The van der Waals surface area contributed by atoms with Crippen molar-refractivity contribution in [3.05, 3.63) is 70.4 Å². The normalized spacial score (nSPS) is 14.0. The van der Waals surface area contributed by atoms with Gasteiger partial charge in [0.25, 0.3) is 5.91 Å². The minimum atomic E-state index is -1.42. The number of benzene rings is 2. The van der Waals surface area contributed by atoms with Crippen LogP contribution in [-0.2, 0) is 31.1 Å². The van der Waals surface area contributed by atoms with Crippen LogP contribution in [0.1, 0.15) is 31.2 Å². The number of likely N-dealkylation sites (N-methyl/N-ethyl adjacent to an activating group) is 3. The Morgan fingerprint density at radius 2 is 1.71 bits per heavy atom. The second kappa shape index (κ2) is 12.1. The Kier molecular flexibility index (Phi) is 9.30. The summed E-state index contributed by atoms with van der Waals surface area (Å²) in [5, 5.41) is 6.58. The van der Waals surface area contributed by atoms with Gasteiger partial charge in [0.15, 0.2) is 0 Å². The van der Waals surface area contributed by atoms with Gasteiger partial charge >= 0.3 is 0 Å². The van der Waals surface area contributed by atoms with E-state index in [4.69, 9.17) is 10.5 Å². The molecule has 3 amide bonds. The molecule has 2 aromatic carbocycles. The van der Waals surface area contributed by atoms with E-state index in [1.165, 1.54) is 21.1 Å². The van der Waals surface area contributed by atoms with Crippen molar-refractivity contribution >= 4 is 39.8 Å². The van der Waals surface area contributed by atoms with E-state index in [0.717, 1.165) is 15.6 Å². The van der Waals surface area contributed by atoms with Crippen LogP contribution < -0.4 is 11.1 Å². The lowest BCUT2D eigenvalue weighted by Crippen LogP contribution is -2.60. The molecule has 1 heterocycles. The van der Waals surface area contributed by atoms with Crippen molar-refractivity contribution in [3.8, 4) is 0 Å². The van der Waals surface area contributed by atoms with Gasteiger partial charge < -0.3 is 25.6 Å². The molecule has 0 saturated carbocycles. The van der Waals surface area contributed by atoms with Crippen molar-refractivity contribution in [2.75, 3.05) is 34.4 Å². The summed E-state index contributed by atoms with van der Waals surface area (Å²) in [6.07, 6.45) is 0.361. The molecule has 0 radical (unpaired) electrons. The number of amides is 3. The fourth-order valence-corrected chi connectivity index (χ4v) is 5.12. The van der Waals surface area contributed by atoms with Gasteiger partial charge in [-0.1, -0.05) is 42.5 Å². The van der Waals surface area contributed by atoms with Crippen LogP contribution in [0.2, 0.25) is 0 Å². The van der Waals surface area contributed by atoms with E-state index in [9.17, 15) is 14.4 Å². The van der Waals surface area contributed by atoms with Crippen LogP contribution in [0.15, 0.2) is 60.0 Å². The van der Waals surface area contributed by atoms with E-state index < -0.39 is 17.1 Å². The Morgan fingerprint density at radius 1 is 1.03 bits per heavy atom. The molecule has 0 aliphatic carbocycles. The molecule has 0 bridgehead atoms. The summed E-state index contributed by atoms with van der Waals surface area (Å²) in [5.74, 6) is -1.04. The van der Waals surface area contributed by atoms with Crippen LogP contribution in [0.4, 0.5) is 0 Å². The smallest absolute Gasteiger partial charge is 0.253 e. The molecule has 3 rings (SSSR count). The number of hydrogen-bond donors (Lipinski definition) is 2. The molecule has 1 aromatic heterocycles. The van der Waals surface area contributed by atoms with E-state index in [1.54, 1.807) is 28.1 Å². The molecular formula is C29H38N4O4S. The Balaban J connectivity index is 2.02. The van der Waals surface area contributed by atoms with E-state index in [0.29, 0.717) is 12.0 Å². The Labute approximate surface area is 228 Å². The van der Waals surface area contributed by atoms with E-state index in [1.807, 2.05) is 73.8 Å². The first-order chi connectivity index (χ1) is 17.9. The lowest BCUT2D eigenvalue weighted by Gasteiger charge is -2.42. The monoisotopic (exact) mass is 538 g/mol. The summed E-state index contributed by atoms with van der Waals surface area (Å²) in [6.45, 7) is 5.29. The van der Waals surface area contributed by atoms with Crippen molar-refractivity contribution < 1.29 is 19.1 Å². The third-order valence-corrected chi connectivity index (χ3v) is 7.68. The predicted molar refractivity (Wildman–Crippen MR) is 152 cm³/mol. The van der Waals surface area contributed by atoms with Crippen molar-refractivity contribution in [2.24, 2.45) is 5.73 Å². The molecule has 204 valence electrons. The SMILES string of the molecule is CNC(=O)[C@@H](Cc1cccs1)N(C)C(=O)[C@@](C)(c1ccc2ccccc2c1)N(C)C(=O)COCC(C)(C)N. The molecular weight excluding hydrogens is 500 g/mol. The zero-order valence-electron chi connectivity index (χ0n) is 23.0. The average molecular weight is 539 g/mol. The first-order valence-corrected chi connectivity index (χ1v) is 13.4. The highest BCUT2D eigenvalue weighted by molar-refractivity contribution is 7.09. The maximum atomic E-state index is 14.4. The third-order valence-electron chi connectivity index (χ3n) is 6.78. The number of carbonyl (C=O) groups is 3. The molecule has 0 spiro atoms. The summed E-state index contributed by atoms with van der Waals surface area (Å²) in [7, 11) is 4.76. The molecule has 3 N–H and O–H groups in total. The number of nitrogens with one attached hydrogen (secondary N) is 1. The summed E-state index contributed by atoms with van der Waals surface area (Å²) < 4.78 is 5.59. The van der Waals surface area contributed by atoms with E-state index in [2.05, 4.69) is 5.32 Å². The van der Waals surface area contributed by atoms with Crippen molar-refractivity contribution in [3.63, 3.8) is 0 Å². The van der Waals surface area contributed by atoms with Crippen LogP contribution in [0.25, 0.3) is 10.8 Å². The van der Waals surface area contributed by atoms with Crippen molar-refractivity contribution in [1.82, 2.24) is 15.1 Å². The molecule has 38 heavy (non-hydrogen) atoms. The van der Waals surface area contributed by atoms with Crippen LogP contribution in [0.3, 0.4) is 0 Å². The largest absolute Gasteiger partial charge is 0.370 e. The van der Waals surface area contributed by atoms with Crippen LogP contribution in [0.5, 0.6) is 0 Å². The lowest BCUT2D eigenvalue weighted by molar-refractivity contribution is -0.156. The average Bonchev–Trinajstić information content (AvgIpc) is 3.41. The molecule has 0 aliphatic rings. The highest BCUT2D eigenvalue weighted by atomic mass is 32.1. The van der Waals surface area contributed by atoms with E-state index in [-0.39, 0.29) is 30.9 Å². The Morgan fingerprint density at radius 3 is 2.32 bits per heavy atom. The second-order valence-electron chi connectivity index (χ2n) is 10.4. The predicted octanol–water partition coefficient (Wildman–Crippen LogP) is 3.14. The summed E-state index contributed by atoms with van der Waals surface area (Å²) in [4.78, 5) is 44.5. The van der Waals surface area contributed by atoms with Gasteiger partial charge in [0.2, 0.25) is 11.8 Å². The van der Waals surface area contributed by atoms with Gasteiger partial charge in [-0.3, -0.25) is 14.4 Å². The fraction of sp³-hybridized carbons (Fsp3) is 0.414. The standard InChI is InChI=1S/C29H38N4O4S/c1-28(2,30)19-37-18-25(34)33(6)29(3,22-14-13-20-10-7-8-11-21(20)16-22)27(36)32(5)24(26(35)31-4)17-23-12-9-15-38-23/h7-16,24H,17-19,30H2,1-6H3,(H,31,35)/t24-,29-/m1/s1. The lowest BCUT2D eigenvalue weighted by atomic mass is 9.86. The zero-order valence-corrected chi connectivity index (χ0v) is 23.8. The molecule has 9 heteroatoms. The Hall–Kier alpha value is -3.27. The van der Waals surface area contributed by atoms with Crippen LogP contribution >= 0.6 is 11.3 Å². The van der Waals surface area contributed by atoms with Crippen molar-refractivity contribution in [1.29, 1.82) is 0 Å². The number of hydrogen-bond acceptors (Lipinski definition) is 6. The quantitative estimate of drug-likeness (QED) is 0.390. The number of ether oxygens (including phenoxy) is 1. The molecule has 3 aromatic rings. The summed E-state index contributed by atoms with van der Waals surface area (Å²) in [5.41, 5.74) is 4.62. The third kappa shape index (κ3) is 6.59. The molecule has 0 aliphatic heterocycles. The van der Waals surface area contributed by atoms with Gasteiger partial charge in [-0.15, -0.1) is 11.3 Å². The van der Waals surface area contributed by atoms with Crippen LogP contribution in [-0.4, -0.2) is 73.5 Å². The van der Waals surface area contributed by atoms with Gasteiger partial charge in [-0.2, -0.15) is 0 Å². The highest BCUT2D eigenvalue weighted by Crippen LogP contribution is 2.33. The topological polar surface area (TPSA) is 105 Å². The Bertz CT molecular complexity index is 1270. The second-order valence-corrected chi connectivity index (χ2v) is 11.4. The van der Waals surface area contributed by atoms with Gasteiger partial charge in [0, 0.05) is 38.0 Å². The number of fused-ring (bicyclic) bond motifs is 1. The maximum absolute atomic E-state index is 14.4. The number of nitrogens with zero attached hydrogens (tertiary/aromatic N) is 2. The number of nitrogens with two attached hydrogens (primary N) is 1. The fourth-order valence-electron chi connectivity index (χ4n) is 4.38. The molecule has 0 fully saturated rings. The first kappa shape index (κ1) is 29.3. The highest BCUT2D eigenvalue weighted by Gasteiger charge is 2.46. The van der Waals surface area contributed by atoms with Crippen molar-refractivity contribution in [2.45, 2.75) is 44.3 Å². The van der Waals surface area contributed by atoms with Gasteiger partial charge in [0.05, 0.1) is 6.61 Å². The number of carbonyl (C=O) groups excluding carboxylic acids is 3. The van der Waals surface area contributed by atoms with Gasteiger partial charge in [-0.05, 0) is 54.6 Å². The number of thiophene rings is 1. The molecule has 0 unspecified atom stereocenters. The minimum Gasteiger partial charge on any atom is -0.370 e. The summed E-state index contributed by atoms with van der Waals surface area (Å²) in [6, 6.07) is 16.6. The maximum Gasteiger partial charge on any atom is 0.253 e. The first-order valence-electron chi connectivity index (χ1n) is 12.5. The van der Waals surface area contributed by atoms with E-state index >= 15 is 0 Å². The molecule has 2 atom stereocenters. The van der Waals surface area contributed by atoms with Crippen LogP contribution in [0, 0.1) is 0 Å². The molecule has 0 saturated heterocycles. The van der Waals surface area contributed by atoms with Gasteiger partial charge in [-0.25, -0.2) is 0 Å². The minimum absolute atomic E-state index is 0.187.